The van der Waals surface area contributed by atoms with Gasteiger partial charge < -0.3 is 5.11 Å². The van der Waals surface area contributed by atoms with Gasteiger partial charge in [-0.1, -0.05) is 49.4 Å². The second kappa shape index (κ2) is 7.68. The van der Waals surface area contributed by atoms with Crippen molar-refractivity contribution in [3.05, 3.63) is 71.5 Å². The van der Waals surface area contributed by atoms with Crippen LogP contribution in [0.1, 0.15) is 30.1 Å². The monoisotopic (exact) mass is 337 g/mol. The molecule has 0 heterocycles. The van der Waals surface area contributed by atoms with Crippen LogP contribution in [0.5, 0.6) is 0 Å². The first-order chi connectivity index (χ1) is 10.9. The fraction of sp³-hybridized carbons (Fsp3) is 0.294. The van der Waals surface area contributed by atoms with Gasteiger partial charge in [-0.25, -0.2) is 17.5 Å². The standard InChI is InChI=1S/C17H20FNO3S/c1-13(14-5-3-2-4-6-14)12-23(21,22)19-11-17(20)15-7-9-16(18)10-8-15/h2-10,13,17,19-20H,11-12H2,1H3. The van der Waals surface area contributed by atoms with Crippen molar-refractivity contribution in [2.45, 2.75) is 18.9 Å². The van der Waals surface area contributed by atoms with Crippen LogP contribution in [0.15, 0.2) is 54.6 Å². The van der Waals surface area contributed by atoms with E-state index in [1.54, 1.807) is 0 Å². The number of sulfonamides is 1. The van der Waals surface area contributed by atoms with Crippen LogP contribution in [0.4, 0.5) is 4.39 Å². The van der Waals surface area contributed by atoms with Crippen molar-refractivity contribution in [1.82, 2.24) is 4.72 Å². The molecule has 4 nitrogen and oxygen atoms in total. The minimum absolute atomic E-state index is 0.0624. The lowest BCUT2D eigenvalue weighted by Gasteiger charge is -2.15. The average molecular weight is 337 g/mol. The maximum Gasteiger partial charge on any atom is 0.212 e. The van der Waals surface area contributed by atoms with E-state index >= 15 is 0 Å². The number of hydrogen-bond donors (Lipinski definition) is 2. The van der Waals surface area contributed by atoms with Gasteiger partial charge in [0.1, 0.15) is 5.82 Å². The lowest BCUT2D eigenvalue weighted by Crippen LogP contribution is -2.32. The van der Waals surface area contributed by atoms with Gasteiger partial charge in [0, 0.05) is 6.54 Å². The van der Waals surface area contributed by atoms with E-state index in [0.29, 0.717) is 5.56 Å². The van der Waals surface area contributed by atoms with Crippen LogP contribution in [0.25, 0.3) is 0 Å². The van der Waals surface area contributed by atoms with Gasteiger partial charge in [-0.15, -0.1) is 0 Å². The molecule has 0 aliphatic rings. The molecule has 0 amide bonds. The van der Waals surface area contributed by atoms with E-state index in [4.69, 9.17) is 0 Å². The van der Waals surface area contributed by atoms with Crippen LogP contribution in [-0.2, 0) is 10.0 Å². The first-order valence-corrected chi connectivity index (χ1v) is 8.98. The number of nitrogens with one attached hydrogen (secondary N) is 1. The third kappa shape index (κ3) is 5.42. The maximum absolute atomic E-state index is 12.8. The van der Waals surface area contributed by atoms with E-state index in [-0.39, 0.29) is 18.2 Å². The SMILES string of the molecule is CC(CS(=O)(=O)NCC(O)c1ccc(F)cc1)c1ccccc1. The van der Waals surface area contributed by atoms with Gasteiger partial charge in [-0.2, -0.15) is 0 Å². The third-order valence-corrected chi connectivity index (χ3v) is 5.13. The molecule has 6 heteroatoms. The third-order valence-electron chi connectivity index (χ3n) is 3.59. The van der Waals surface area contributed by atoms with Crippen LogP contribution in [0, 0.1) is 5.82 Å². The van der Waals surface area contributed by atoms with Crippen LogP contribution in [-0.4, -0.2) is 25.8 Å². The Bertz CT molecular complexity index is 717. The van der Waals surface area contributed by atoms with Gasteiger partial charge in [0.2, 0.25) is 10.0 Å². The zero-order chi connectivity index (χ0) is 16.9. The summed E-state index contributed by atoms with van der Waals surface area (Å²) in [4.78, 5) is 0. The number of hydrogen-bond acceptors (Lipinski definition) is 3. The molecule has 0 radical (unpaired) electrons. The highest BCUT2D eigenvalue weighted by atomic mass is 32.2. The largest absolute Gasteiger partial charge is 0.387 e. The molecule has 2 atom stereocenters. The molecule has 2 N–H and O–H groups in total. The number of benzene rings is 2. The minimum atomic E-state index is -3.52. The highest BCUT2D eigenvalue weighted by Crippen LogP contribution is 2.17. The Labute approximate surface area is 136 Å². The summed E-state index contributed by atoms with van der Waals surface area (Å²) in [5, 5.41) is 9.98. The van der Waals surface area contributed by atoms with E-state index in [2.05, 4.69) is 4.72 Å². The van der Waals surface area contributed by atoms with E-state index in [9.17, 15) is 17.9 Å². The lowest BCUT2D eigenvalue weighted by molar-refractivity contribution is 0.182. The van der Waals surface area contributed by atoms with Crippen molar-refractivity contribution in [1.29, 1.82) is 0 Å². The summed E-state index contributed by atoms with van der Waals surface area (Å²) in [5.41, 5.74) is 1.40. The Hall–Kier alpha value is -1.76. The molecular formula is C17H20FNO3S. The van der Waals surface area contributed by atoms with Gasteiger partial charge >= 0.3 is 0 Å². The van der Waals surface area contributed by atoms with Crippen molar-refractivity contribution in [3.63, 3.8) is 0 Å². The molecule has 0 spiro atoms. The maximum atomic E-state index is 12.8. The summed E-state index contributed by atoms with van der Waals surface area (Å²) >= 11 is 0. The normalized spacial score (nSPS) is 14.4. The summed E-state index contributed by atoms with van der Waals surface area (Å²) in [7, 11) is -3.52. The smallest absolute Gasteiger partial charge is 0.212 e. The van der Waals surface area contributed by atoms with Crippen LogP contribution < -0.4 is 4.72 Å². The fourth-order valence-electron chi connectivity index (χ4n) is 2.27. The van der Waals surface area contributed by atoms with Crippen molar-refractivity contribution in [2.24, 2.45) is 0 Å². The van der Waals surface area contributed by atoms with Crippen molar-refractivity contribution in [3.8, 4) is 0 Å². The van der Waals surface area contributed by atoms with E-state index < -0.39 is 21.9 Å². The first kappa shape index (κ1) is 17.6. The quantitative estimate of drug-likeness (QED) is 0.816. The predicted octanol–water partition coefficient (Wildman–Crippen LogP) is 2.58. The highest BCUT2D eigenvalue weighted by Gasteiger charge is 2.18. The molecule has 0 aliphatic carbocycles. The highest BCUT2D eigenvalue weighted by molar-refractivity contribution is 7.89. The summed E-state index contributed by atoms with van der Waals surface area (Å²) in [6.07, 6.45) is -1.02. The molecule has 0 aliphatic heterocycles. The van der Waals surface area contributed by atoms with Gasteiger partial charge in [-0.3, -0.25) is 0 Å². The zero-order valence-electron chi connectivity index (χ0n) is 12.8. The molecule has 0 bridgehead atoms. The average Bonchev–Trinajstić information content (AvgIpc) is 2.54. The molecule has 2 rings (SSSR count). The van der Waals surface area contributed by atoms with Crippen molar-refractivity contribution in [2.75, 3.05) is 12.3 Å². The Morgan fingerprint density at radius 2 is 1.65 bits per heavy atom. The molecule has 0 saturated heterocycles. The number of rotatable bonds is 7. The van der Waals surface area contributed by atoms with Gasteiger partial charge in [0.05, 0.1) is 11.9 Å². The number of aliphatic hydroxyl groups is 1. The molecule has 0 fully saturated rings. The molecule has 2 aromatic rings. The topological polar surface area (TPSA) is 66.4 Å². The molecule has 0 saturated carbocycles. The Balaban J connectivity index is 1.92. The Morgan fingerprint density at radius 1 is 1.04 bits per heavy atom. The molecule has 0 aromatic heterocycles. The minimum Gasteiger partial charge on any atom is -0.387 e. The number of halogens is 1. The van der Waals surface area contributed by atoms with Crippen molar-refractivity contribution >= 4 is 10.0 Å². The van der Waals surface area contributed by atoms with E-state index in [1.165, 1.54) is 24.3 Å². The zero-order valence-corrected chi connectivity index (χ0v) is 13.6. The number of aliphatic hydroxyl groups excluding tert-OH is 1. The van der Waals surface area contributed by atoms with E-state index in [1.807, 2.05) is 37.3 Å². The summed E-state index contributed by atoms with van der Waals surface area (Å²) in [6, 6.07) is 14.7. The predicted molar refractivity (Wildman–Crippen MR) is 88.0 cm³/mol. The van der Waals surface area contributed by atoms with Crippen LogP contribution in [0.2, 0.25) is 0 Å². The van der Waals surface area contributed by atoms with E-state index in [0.717, 1.165) is 5.56 Å². The summed E-state index contributed by atoms with van der Waals surface area (Å²) in [5.74, 6) is -0.623. The van der Waals surface area contributed by atoms with Crippen LogP contribution >= 0.6 is 0 Å². The van der Waals surface area contributed by atoms with Gasteiger partial charge in [0.25, 0.3) is 0 Å². The van der Waals surface area contributed by atoms with Gasteiger partial charge in [0.15, 0.2) is 0 Å². The fourth-order valence-corrected chi connectivity index (χ4v) is 3.65. The van der Waals surface area contributed by atoms with Gasteiger partial charge in [-0.05, 0) is 29.2 Å². The Morgan fingerprint density at radius 3 is 2.26 bits per heavy atom. The molecule has 2 unspecified atom stereocenters. The molecule has 23 heavy (non-hydrogen) atoms. The molecular weight excluding hydrogens is 317 g/mol. The summed E-state index contributed by atoms with van der Waals surface area (Å²) in [6.45, 7) is 1.69. The lowest BCUT2D eigenvalue weighted by atomic mass is 10.0. The first-order valence-electron chi connectivity index (χ1n) is 7.33. The second-order valence-electron chi connectivity index (χ2n) is 5.51. The van der Waals surface area contributed by atoms with Crippen molar-refractivity contribution < 1.29 is 17.9 Å². The van der Waals surface area contributed by atoms with Crippen LogP contribution in [0.3, 0.4) is 0 Å². The summed E-state index contributed by atoms with van der Waals surface area (Å²) < 4.78 is 39.5. The second-order valence-corrected chi connectivity index (χ2v) is 7.36. The molecule has 2 aromatic carbocycles. The Kier molecular flexibility index (Phi) is 5.87. The molecule has 124 valence electrons.